The van der Waals surface area contributed by atoms with Gasteiger partial charge in [-0.15, -0.1) is 0 Å². The van der Waals surface area contributed by atoms with Crippen molar-refractivity contribution in [2.75, 3.05) is 0 Å². The van der Waals surface area contributed by atoms with Crippen molar-refractivity contribution in [3.05, 3.63) is 71.8 Å². The molecule has 21 heavy (non-hydrogen) atoms. The molecule has 0 saturated heterocycles. The zero-order valence-corrected chi connectivity index (χ0v) is 14.5. The summed E-state index contributed by atoms with van der Waals surface area (Å²) in [6.45, 7) is 4.54. The van der Waals surface area contributed by atoms with Gasteiger partial charge in [-0.2, -0.15) is 0 Å². The first-order chi connectivity index (χ1) is 10.3. The van der Waals surface area contributed by atoms with Crippen LogP contribution >= 0.6 is 0 Å². The molecule has 2 heteroatoms. The molecular formula is C19H23NSe. The number of rotatable bonds is 7. The third-order valence-electron chi connectivity index (χ3n) is 3.38. The molecule has 0 aliphatic rings. The van der Waals surface area contributed by atoms with Gasteiger partial charge in [-0.3, -0.25) is 0 Å². The Bertz CT molecular complexity index is 534. The molecule has 2 aromatic rings. The minimum atomic E-state index is 0.439. The van der Waals surface area contributed by atoms with Gasteiger partial charge in [0.2, 0.25) is 0 Å². The number of benzene rings is 2. The predicted molar refractivity (Wildman–Crippen MR) is 93.4 cm³/mol. The molecule has 0 radical (unpaired) electrons. The van der Waals surface area contributed by atoms with Gasteiger partial charge in [0, 0.05) is 0 Å². The van der Waals surface area contributed by atoms with Gasteiger partial charge in [-0.05, 0) is 0 Å². The molecule has 0 N–H and O–H groups in total. The van der Waals surface area contributed by atoms with Crippen LogP contribution in [0.5, 0.6) is 0 Å². The molecule has 0 heterocycles. The molecule has 110 valence electrons. The van der Waals surface area contributed by atoms with Gasteiger partial charge >= 0.3 is 134 Å². The van der Waals surface area contributed by atoms with Crippen LogP contribution < -0.4 is 0 Å². The third-order valence-corrected chi connectivity index (χ3v) is 5.72. The van der Waals surface area contributed by atoms with Crippen LogP contribution in [0.15, 0.2) is 65.7 Å². The number of nitrogens with zero attached hydrogens (tertiary/aromatic N) is 1. The standard InChI is InChI=1S/C19H23NSe/c1-16(2)19(20-13-17-9-5-3-6-10-17)15-21-14-18-11-7-4-8-12-18/h3-13,16,19H,14-15H2,1-2H3/t19-/m1/s1. The zero-order valence-electron chi connectivity index (χ0n) is 12.8. The maximum absolute atomic E-state index is 4.82. The predicted octanol–water partition coefficient (Wildman–Crippen LogP) is 4.45. The van der Waals surface area contributed by atoms with Crippen molar-refractivity contribution in [1.29, 1.82) is 0 Å². The quantitative estimate of drug-likeness (QED) is 0.520. The van der Waals surface area contributed by atoms with Crippen LogP contribution in [0.1, 0.15) is 25.0 Å². The van der Waals surface area contributed by atoms with Crippen molar-refractivity contribution >= 4 is 21.2 Å². The molecular weight excluding hydrogens is 321 g/mol. The Kier molecular flexibility index (Phi) is 6.72. The van der Waals surface area contributed by atoms with Crippen LogP contribution in [-0.4, -0.2) is 27.2 Å². The normalized spacial score (nSPS) is 12.9. The molecule has 1 atom stereocenters. The number of hydrogen-bond donors (Lipinski definition) is 0. The topological polar surface area (TPSA) is 12.4 Å². The Labute approximate surface area is 134 Å². The summed E-state index contributed by atoms with van der Waals surface area (Å²) in [5.74, 6) is 0.600. The first kappa shape index (κ1) is 16.0. The average molecular weight is 344 g/mol. The van der Waals surface area contributed by atoms with Crippen molar-refractivity contribution < 1.29 is 0 Å². The van der Waals surface area contributed by atoms with Crippen LogP contribution in [0.3, 0.4) is 0 Å². The Morgan fingerprint density at radius 2 is 1.57 bits per heavy atom. The van der Waals surface area contributed by atoms with E-state index in [2.05, 4.69) is 68.4 Å². The molecule has 0 aromatic heterocycles. The van der Waals surface area contributed by atoms with Gasteiger partial charge in [0.25, 0.3) is 0 Å². The molecule has 0 aliphatic heterocycles. The Morgan fingerprint density at radius 3 is 2.19 bits per heavy atom. The van der Waals surface area contributed by atoms with E-state index in [-0.39, 0.29) is 0 Å². The van der Waals surface area contributed by atoms with E-state index in [1.165, 1.54) is 21.8 Å². The van der Waals surface area contributed by atoms with E-state index >= 15 is 0 Å². The Hall–Kier alpha value is -1.37. The van der Waals surface area contributed by atoms with E-state index in [9.17, 15) is 0 Å². The molecule has 0 fully saturated rings. The summed E-state index contributed by atoms with van der Waals surface area (Å²) < 4.78 is 0. The van der Waals surface area contributed by atoms with Crippen molar-refractivity contribution in [2.45, 2.75) is 30.5 Å². The van der Waals surface area contributed by atoms with Gasteiger partial charge in [-0.25, -0.2) is 0 Å². The van der Waals surface area contributed by atoms with Crippen LogP contribution in [0.25, 0.3) is 0 Å². The molecule has 0 amide bonds. The van der Waals surface area contributed by atoms with Crippen LogP contribution in [0, 0.1) is 5.92 Å². The van der Waals surface area contributed by atoms with E-state index in [4.69, 9.17) is 4.99 Å². The van der Waals surface area contributed by atoms with Crippen molar-refractivity contribution in [3.63, 3.8) is 0 Å². The maximum atomic E-state index is 4.82. The molecule has 2 rings (SSSR count). The molecule has 1 nitrogen and oxygen atoms in total. The first-order valence-electron chi connectivity index (χ1n) is 7.45. The van der Waals surface area contributed by atoms with Crippen molar-refractivity contribution in [2.24, 2.45) is 10.9 Å². The van der Waals surface area contributed by atoms with Gasteiger partial charge in [0.1, 0.15) is 0 Å². The third kappa shape index (κ3) is 5.87. The fourth-order valence-corrected chi connectivity index (χ4v) is 4.64. The molecule has 2 aromatic carbocycles. The molecule has 0 saturated carbocycles. The SMILES string of the molecule is CC(C)[C@@H](C[Se]Cc1ccccc1)N=Cc1ccccc1. The molecule has 0 aliphatic carbocycles. The van der Waals surface area contributed by atoms with Crippen LogP contribution in [0.4, 0.5) is 0 Å². The number of aliphatic imine (C=N–C) groups is 1. The summed E-state index contributed by atoms with van der Waals surface area (Å²) in [5, 5.41) is 2.42. The number of hydrogen-bond acceptors (Lipinski definition) is 1. The zero-order chi connectivity index (χ0) is 14.9. The molecule has 0 unspecified atom stereocenters. The Balaban J connectivity index is 1.86. The van der Waals surface area contributed by atoms with Gasteiger partial charge < -0.3 is 0 Å². The summed E-state index contributed by atoms with van der Waals surface area (Å²) in [7, 11) is 0. The second-order valence-electron chi connectivity index (χ2n) is 5.50. The van der Waals surface area contributed by atoms with E-state index in [1.54, 1.807) is 0 Å². The fraction of sp³-hybridized carbons (Fsp3) is 0.316. The summed E-state index contributed by atoms with van der Waals surface area (Å²) in [6.07, 6.45) is 2.03. The molecule has 0 bridgehead atoms. The summed E-state index contributed by atoms with van der Waals surface area (Å²) in [5.41, 5.74) is 2.64. The summed E-state index contributed by atoms with van der Waals surface area (Å²) >= 11 is 0.615. The molecule has 0 spiro atoms. The second kappa shape index (κ2) is 8.81. The van der Waals surface area contributed by atoms with Crippen molar-refractivity contribution in [1.82, 2.24) is 0 Å². The Morgan fingerprint density at radius 1 is 0.952 bits per heavy atom. The first-order valence-corrected chi connectivity index (χ1v) is 9.88. The van der Waals surface area contributed by atoms with E-state index in [0.29, 0.717) is 26.9 Å². The van der Waals surface area contributed by atoms with Gasteiger partial charge in [0.05, 0.1) is 0 Å². The monoisotopic (exact) mass is 345 g/mol. The van der Waals surface area contributed by atoms with E-state index in [0.717, 1.165) is 0 Å². The summed E-state index contributed by atoms with van der Waals surface area (Å²) in [4.78, 5) is 4.82. The van der Waals surface area contributed by atoms with Crippen molar-refractivity contribution in [3.8, 4) is 0 Å². The second-order valence-corrected chi connectivity index (χ2v) is 7.66. The summed E-state index contributed by atoms with van der Waals surface area (Å²) in [6, 6.07) is 21.6. The van der Waals surface area contributed by atoms with Crippen LogP contribution in [-0.2, 0) is 5.32 Å². The van der Waals surface area contributed by atoms with E-state index < -0.39 is 0 Å². The van der Waals surface area contributed by atoms with Gasteiger partial charge in [-0.1, -0.05) is 0 Å². The van der Waals surface area contributed by atoms with Gasteiger partial charge in [0.15, 0.2) is 0 Å². The minimum absolute atomic E-state index is 0.439. The fourth-order valence-electron chi connectivity index (χ4n) is 2.00. The average Bonchev–Trinajstić information content (AvgIpc) is 2.52. The van der Waals surface area contributed by atoms with E-state index in [1.807, 2.05) is 12.3 Å². The van der Waals surface area contributed by atoms with Crippen LogP contribution in [0.2, 0.25) is 5.32 Å².